The molecule has 1 amide bonds. The number of carbonyl (C=O) groups is 2. The molecule has 0 aliphatic rings. The van der Waals surface area contributed by atoms with Gasteiger partial charge in [0.15, 0.2) is 10.6 Å². The summed E-state index contributed by atoms with van der Waals surface area (Å²) >= 11 is 0.823. The molecular formula is C24H27F2N3O7S2. The molecule has 14 heteroatoms. The lowest BCUT2D eigenvalue weighted by molar-refractivity contribution is -0.143. The fourth-order valence-corrected chi connectivity index (χ4v) is 5.98. The minimum absolute atomic E-state index is 0.0435. The van der Waals surface area contributed by atoms with Crippen molar-refractivity contribution >= 4 is 43.5 Å². The molecule has 1 aromatic heterocycles. The van der Waals surface area contributed by atoms with Gasteiger partial charge in [-0.3, -0.25) is 9.59 Å². The fraction of sp³-hybridized carbons (Fsp3) is 0.375. The second kappa shape index (κ2) is 13.2. The summed E-state index contributed by atoms with van der Waals surface area (Å²) in [4.78, 5) is 29.0. The van der Waals surface area contributed by atoms with Gasteiger partial charge in [-0.1, -0.05) is 11.3 Å². The van der Waals surface area contributed by atoms with Crippen LogP contribution >= 0.6 is 11.3 Å². The van der Waals surface area contributed by atoms with E-state index >= 15 is 0 Å². The minimum atomic E-state index is -3.90. The first-order valence-electron chi connectivity index (χ1n) is 11.4. The molecular weight excluding hydrogens is 544 g/mol. The highest BCUT2D eigenvalue weighted by atomic mass is 32.2. The molecule has 10 nitrogen and oxygen atoms in total. The number of sulfonamides is 1. The summed E-state index contributed by atoms with van der Waals surface area (Å²) in [5.41, 5.74) is -0.0410. The summed E-state index contributed by atoms with van der Waals surface area (Å²) in [6.45, 7) is 1.85. The van der Waals surface area contributed by atoms with Gasteiger partial charge in [0.25, 0.3) is 5.91 Å². The number of fused-ring (bicyclic) bond motifs is 1. The highest BCUT2D eigenvalue weighted by Crippen LogP contribution is 2.23. The van der Waals surface area contributed by atoms with E-state index in [0.29, 0.717) is 6.07 Å². The highest BCUT2D eigenvalue weighted by molar-refractivity contribution is 7.89. The maximum absolute atomic E-state index is 14.6. The Bertz CT molecular complexity index is 1460. The molecule has 0 saturated carbocycles. The van der Waals surface area contributed by atoms with Gasteiger partial charge in [0.2, 0.25) is 10.0 Å². The molecule has 0 fully saturated rings. The van der Waals surface area contributed by atoms with Crippen LogP contribution in [0.2, 0.25) is 0 Å². The standard InChI is InChI=1S/C24H27F2N3O7S2/c1-4-36-21(30)15-29-22-19(26)13-17(25)14-20(22)37-24(29)27-23(31)16-5-7-18(8-6-16)38(32,33)28(9-11-34-2)10-12-35-3/h5-8,13-14H,4,9-12,15H2,1-3H3. The number of nitrogens with zero attached hydrogens (tertiary/aromatic N) is 3. The quantitative estimate of drug-likeness (QED) is 0.307. The van der Waals surface area contributed by atoms with Crippen LogP contribution in [0.4, 0.5) is 8.78 Å². The van der Waals surface area contributed by atoms with Gasteiger partial charge in [-0.05, 0) is 37.3 Å². The number of carbonyl (C=O) groups excluding carboxylic acids is 2. The van der Waals surface area contributed by atoms with Crippen molar-refractivity contribution in [3.8, 4) is 0 Å². The first kappa shape index (κ1) is 29.5. The van der Waals surface area contributed by atoms with E-state index in [1.54, 1.807) is 6.92 Å². The molecule has 0 spiro atoms. The predicted molar refractivity (Wildman–Crippen MR) is 135 cm³/mol. The molecule has 38 heavy (non-hydrogen) atoms. The summed E-state index contributed by atoms with van der Waals surface area (Å²) in [6, 6.07) is 6.89. The van der Waals surface area contributed by atoms with Crippen LogP contribution in [-0.4, -0.2) is 76.3 Å². The fourth-order valence-electron chi connectivity index (χ4n) is 3.51. The Kier molecular flexibility index (Phi) is 10.2. The molecule has 1 heterocycles. The van der Waals surface area contributed by atoms with Gasteiger partial charge in [0.05, 0.1) is 34.9 Å². The maximum atomic E-state index is 14.6. The maximum Gasteiger partial charge on any atom is 0.326 e. The number of amides is 1. The molecule has 0 atom stereocenters. The van der Waals surface area contributed by atoms with Crippen molar-refractivity contribution in [1.29, 1.82) is 0 Å². The summed E-state index contributed by atoms with van der Waals surface area (Å²) in [6.07, 6.45) is 0. The third kappa shape index (κ3) is 6.88. The van der Waals surface area contributed by atoms with Crippen molar-refractivity contribution in [2.24, 2.45) is 4.99 Å². The molecule has 0 N–H and O–H groups in total. The number of hydrogen-bond donors (Lipinski definition) is 0. The second-order valence-corrected chi connectivity index (χ2v) is 10.8. The Labute approximate surface area is 222 Å². The smallest absolute Gasteiger partial charge is 0.326 e. The summed E-state index contributed by atoms with van der Waals surface area (Å²) in [5, 5.41) is 0. The lowest BCUT2D eigenvalue weighted by atomic mass is 10.2. The number of rotatable bonds is 12. The number of hydrogen-bond acceptors (Lipinski definition) is 8. The van der Waals surface area contributed by atoms with E-state index in [-0.39, 0.29) is 58.4 Å². The van der Waals surface area contributed by atoms with Gasteiger partial charge >= 0.3 is 5.97 Å². The molecule has 2 aromatic carbocycles. The zero-order valence-electron chi connectivity index (χ0n) is 21.0. The molecule has 3 rings (SSSR count). The topological polar surface area (TPSA) is 117 Å². The SMILES string of the molecule is CCOC(=O)Cn1c(=NC(=O)c2ccc(S(=O)(=O)N(CCOC)CCOC)cc2)sc2cc(F)cc(F)c21. The van der Waals surface area contributed by atoms with Crippen molar-refractivity contribution in [2.75, 3.05) is 47.1 Å². The number of benzene rings is 2. The van der Waals surface area contributed by atoms with Gasteiger partial charge in [-0.2, -0.15) is 9.30 Å². The lowest BCUT2D eigenvalue weighted by Crippen LogP contribution is -2.36. The van der Waals surface area contributed by atoms with E-state index in [2.05, 4.69) is 4.99 Å². The number of halogens is 2. The number of aromatic nitrogens is 1. The Balaban J connectivity index is 1.97. The van der Waals surface area contributed by atoms with E-state index in [4.69, 9.17) is 14.2 Å². The zero-order valence-corrected chi connectivity index (χ0v) is 22.6. The van der Waals surface area contributed by atoms with Crippen LogP contribution in [0.5, 0.6) is 0 Å². The molecule has 3 aromatic rings. The van der Waals surface area contributed by atoms with Crippen molar-refractivity contribution in [2.45, 2.75) is 18.4 Å². The van der Waals surface area contributed by atoms with Crippen molar-refractivity contribution in [3.63, 3.8) is 0 Å². The Morgan fingerprint density at radius 3 is 2.26 bits per heavy atom. The van der Waals surface area contributed by atoms with E-state index < -0.39 is 40.1 Å². The summed E-state index contributed by atoms with van der Waals surface area (Å²) < 4.78 is 71.9. The van der Waals surface area contributed by atoms with Gasteiger partial charge in [0.1, 0.15) is 12.4 Å². The number of methoxy groups -OCH3 is 2. The first-order chi connectivity index (χ1) is 18.1. The first-order valence-corrected chi connectivity index (χ1v) is 13.7. The third-order valence-corrected chi connectivity index (χ3v) is 8.25. The van der Waals surface area contributed by atoms with Crippen LogP contribution in [0.25, 0.3) is 10.2 Å². The summed E-state index contributed by atoms with van der Waals surface area (Å²) in [7, 11) is -0.976. The zero-order chi connectivity index (χ0) is 27.9. The Morgan fingerprint density at radius 2 is 1.68 bits per heavy atom. The molecule has 0 aliphatic carbocycles. The normalized spacial score (nSPS) is 12.4. The van der Waals surface area contributed by atoms with Crippen LogP contribution < -0.4 is 4.80 Å². The minimum Gasteiger partial charge on any atom is -0.465 e. The average Bonchev–Trinajstić information content (AvgIpc) is 3.20. The van der Waals surface area contributed by atoms with Crippen LogP contribution in [0.15, 0.2) is 46.3 Å². The van der Waals surface area contributed by atoms with Gasteiger partial charge < -0.3 is 18.8 Å². The van der Waals surface area contributed by atoms with Gasteiger partial charge in [-0.15, -0.1) is 0 Å². The lowest BCUT2D eigenvalue weighted by Gasteiger charge is -2.21. The molecule has 0 bridgehead atoms. The molecule has 0 aliphatic heterocycles. The van der Waals surface area contributed by atoms with E-state index in [0.717, 1.165) is 22.0 Å². The van der Waals surface area contributed by atoms with Crippen LogP contribution in [-0.2, 0) is 35.6 Å². The molecule has 0 saturated heterocycles. The van der Waals surface area contributed by atoms with E-state index in [9.17, 15) is 26.8 Å². The molecule has 0 unspecified atom stereocenters. The average molecular weight is 572 g/mol. The van der Waals surface area contributed by atoms with E-state index in [1.807, 2.05) is 0 Å². The largest absolute Gasteiger partial charge is 0.465 e. The van der Waals surface area contributed by atoms with Crippen LogP contribution in [0.1, 0.15) is 17.3 Å². The van der Waals surface area contributed by atoms with Crippen LogP contribution in [0, 0.1) is 11.6 Å². The highest BCUT2D eigenvalue weighted by Gasteiger charge is 2.24. The summed E-state index contributed by atoms with van der Waals surface area (Å²) in [5.74, 6) is -3.20. The van der Waals surface area contributed by atoms with Crippen molar-refractivity contribution in [1.82, 2.24) is 8.87 Å². The number of thiazole rings is 1. The second-order valence-electron chi connectivity index (χ2n) is 7.84. The monoisotopic (exact) mass is 571 g/mol. The molecule has 206 valence electrons. The third-order valence-electron chi connectivity index (χ3n) is 5.31. The van der Waals surface area contributed by atoms with Crippen molar-refractivity contribution in [3.05, 3.63) is 58.4 Å². The number of ether oxygens (including phenoxy) is 3. The van der Waals surface area contributed by atoms with Gasteiger partial charge in [-0.25, -0.2) is 17.2 Å². The van der Waals surface area contributed by atoms with Crippen molar-refractivity contribution < 1.29 is 41.0 Å². The molecule has 0 radical (unpaired) electrons. The van der Waals surface area contributed by atoms with E-state index in [1.165, 1.54) is 42.8 Å². The van der Waals surface area contributed by atoms with Crippen LogP contribution in [0.3, 0.4) is 0 Å². The Hall–Kier alpha value is -3.04. The predicted octanol–water partition coefficient (Wildman–Crippen LogP) is 2.57. The number of esters is 1. The Morgan fingerprint density at radius 1 is 1.05 bits per heavy atom. The van der Waals surface area contributed by atoms with Gasteiger partial charge in [0, 0.05) is 38.9 Å².